The van der Waals surface area contributed by atoms with Crippen LogP contribution in [-0.4, -0.2) is 24.4 Å². The summed E-state index contributed by atoms with van der Waals surface area (Å²) in [6.45, 7) is 6.30. The number of carbonyl (C=O) groups is 2. The minimum absolute atomic E-state index is 0.0609. The Morgan fingerprint density at radius 1 is 1.23 bits per heavy atom. The molecule has 1 fully saturated rings. The lowest BCUT2D eigenvalue weighted by atomic mass is 9.95. The van der Waals surface area contributed by atoms with Gasteiger partial charge in [0.25, 0.3) is 0 Å². The average molecular weight is 302 g/mol. The van der Waals surface area contributed by atoms with E-state index in [0.717, 1.165) is 24.8 Å². The molecule has 1 aliphatic carbocycles. The van der Waals surface area contributed by atoms with Gasteiger partial charge in [0, 0.05) is 6.04 Å². The topological polar surface area (TPSA) is 58.2 Å². The highest BCUT2D eigenvalue weighted by atomic mass is 16.2. The van der Waals surface area contributed by atoms with Crippen LogP contribution in [0.1, 0.15) is 50.7 Å². The van der Waals surface area contributed by atoms with Crippen molar-refractivity contribution in [3.05, 3.63) is 35.4 Å². The monoisotopic (exact) mass is 302 g/mol. The van der Waals surface area contributed by atoms with Crippen LogP contribution in [0.15, 0.2) is 24.3 Å². The summed E-state index contributed by atoms with van der Waals surface area (Å²) in [5.41, 5.74) is 2.25. The van der Waals surface area contributed by atoms with E-state index in [0.29, 0.717) is 12.0 Å². The Morgan fingerprint density at radius 3 is 2.59 bits per heavy atom. The number of nitrogens with one attached hydrogen (secondary N) is 2. The lowest BCUT2D eigenvalue weighted by Crippen LogP contribution is -2.39. The van der Waals surface area contributed by atoms with Crippen LogP contribution in [0.3, 0.4) is 0 Å². The minimum Gasteiger partial charge on any atom is -0.352 e. The van der Waals surface area contributed by atoms with Gasteiger partial charge in [-0.2, -0.15) is 0 Å². The molecule has 0 aromatic heterocycles. The van der Waals surface area contributed by atoms with Gasteiger partial charge in [-0.05, 0) is 43.2 Å². The third-order valence-corrected chi connectivity index (χ3v) is 3.85. The van der Waals surface area contributed by atoms with Crippen molar-refractivity contribution in [1.29, 1.82) is 0 Å². The molecule has 1 aliphatic rings. The molecule has 2 rings (SSSR count). The predicted octanol–water partition coefficient (Wildman–Crippen LogP) is 2.38. The van der Waals surface area contributed by atoms with Crippen LogP contribution in [0.2, 0.25) is 0 Å². The molecular weight excluding hydrogens is 276 g/mol. The van der Waals surface area contributed by atoms with Crippen molar-refractivity contribution in [1.82, 2.24) is 10.6 Å². The number of hydrogen-bond acceptors (Lipinski definition) is 2. The largest absolute Gasteiger partial charge is 0.352 e. The Bertz CT molecular complexity index is 536. The zero-order valence-corrected chi connectivity index (χ0v) is 13.7. The lowest BCUT2D eigenvalue weighted by molar-refractivity contribution is -0.126. The maximum atomic E-state index is 12.2. The number of benzene rings is 1. The first-order chi connectivity index (χ1) is 10.5. The normalized spacial score (nSPS) is 15.5. The minimum atomic E-state index is -0.249. The van der Waals surface area contributed by atoms with Crippen LogP contribution in [0, 0.1) is 5.92 Å². The third-order valence-electron chi connectivity index (χ3n) is 3.85. The molecule has 0 heterocycles. The highest BCUT2D eigenvalue weighted by molar-refractivity contribution is 5.88. The Morgan fingerprint density at radius 2 is 1.95 bits per heavy atom. The zero-order valence-electron chi connectivity index (χ0n) is 13.7. The van der Waals surface area contributed by atoms with Gasteiger partial charge in [0.05, 0.1) is 12.5 Å². The summed E-state index contributed by atoms with van der Waals surface area (Å²) in [5.74, 6) is 0.135. The number of hydrogen-bond donors (Lipinski definition) is 2. The van der Waals surface area contributed by atoms with Crippen LogP contribution >= 0.6 is 0 Å². The van der Waals surface area contributed by atoms with E-state index in [2.05, 4.69) is 36.6 Å². The van der Waals surface area contributed by atoms with Gasteiger partial charge in [-0.1, -0.05) is 38.1 Å². The zero-order chi connectivity index (χ0) is 16.1. The number of amides is 2. The molecule has 0 spiro atoms. The van der Waals surface area contributed by atoms with E-state index in [9.17, 15) is 9.59 Å². The molecule has 1 atom stereocenters. The molecule has 1 aromatic rings. The van der Waals surface area contributed by atoms with Gasteiger partial charge in [0.2, 0.25) is 11.8 Å². The van der Waals surface area contributed by atoms with Crippen molar-refractivity contribution < 1.29 is 9.59 Å². The molecule has 22 heavy (non-hydrogen) atoms. The molecule has 0 saturated heterocycles. The summed E-state index contributed by atoms with van der Waals surface area (Å²) < 4.78 is 0. The fraction of sp³-hybridized carbons (Fsp3) is 0.556. The molecule has 0 bridgehead atoms. The van der Waals surface area contributed by atoms with Crippen LogP contribution in [0.4, 0.5) is 0 Å². The van der Waals surface area contributed by atoms with Gasteiger partial charge in [-0.15, -0.1) is 0 Å². The molecule has 120 valence electrons. The summed E-state index contributed by atoms with van der Waals surface area (Å²) in [6, 6.07) is 8.48. The summed E-state index contributed by atoms with van der Waals surface area (Å²) in [5, 5.41) is 5.59. The molecule has 0 radical (unpaired) electrons. The Balaban J connectivity index is 1.87. The molecule has 2 N–H and O–H groups in total. The second kappa shape index (κ2) is 7.43. The third kappa shape index (κ3) is 5.17. The Hall–Kier alpha value is -1.84. The first-order valence-corrected chi connectivity index (χ1v) is 8.11. The first-order valence-electron chi connectivity index (χ1n) is 8.11. The van der Waals surface area contributed by atoms with E-state index in [1.54, 1.807) is 0 Å². The van der Waals surface area contributed by atoms with Gasteiger partial charge in [-0.25, -0.2) is 0 Å². The predicted molar refractivity (Wildman–Crippen MR) is 87.6 cm³/mol. The molecule has 1 aromatic carbocycles. The highest BCUT2D eigenvalue weighted by Gasteiger charge is 2.23. The fourth-order valence-corrected chi connectivity index (χ4v) is 2.44. The number of carbonyl (C=O) groups excluding carboxylic acids is 2. The van der Waals surface area contributed by atoms with Crippen LogP contribution < -0.4 is 10.6 Å². The highest BCUT2D eigenvalue weighted by Crippen LogP contribution is 2.19. The average Bonchev–Trinajstić information content (AvgIpc) is 3.27. The van der Waals surface area contributed by atoms with Gasteiger partial charge in [0.1, 0.15) is 0 Å². The van der Waals surface area contributed by atoms with Crippen molar-refractivity contribution in [3.8, 4) is 0 Å². The van der Waals surface area contributed by atoms with Crippen LogP contribution in [0.25, 0.3) is 0 Å². The fourth-order valence-electron chi connectivity index (χ4n) is 2.44. The summed E-state index contributed by atoms with van der Waals surface area (Å²) >= 11 is 0. The molecule has 1 unspecified atom stereocenters. The van der Waals surface area contributed by atoms with E-state index in [-0.39, 0.29) is 24.3 Å². The van der Waals surface area contributed by atoms with Crippen LogP contribution in [-0.2, 0) is 16.0 Å². The van der Waals surface area contributed by atoms with Crippen molar-refractivity contribution in [2.75, 3.05) is 6.54 Å². The smallest absolute Gasteiger partial charge is 0.239 e. The van der Waals surface area contributed by atoms with E-state index in [4.69, 9.17) is 0 Å². The summed E-state index contributed by atoms with van der Waals surface area (Å²) in [7, 11) is 0. The second-order valence-corrected chi connectivity index (χ2v) is 6.62. The van der Waals surface area contributed by atoms with Crippen molar-refractivity contribution >= 4 is 11.8 Å². The van der Waals surface area contributed by atoms with E-state index >= 15 is 0 Å². The Kier molecular flexibility index (Phi) is 5.58. The van der Waals surface area contributed by atoms with E-state index in [1.807, 2.05) is 19.1 Å². The molecule has 0 aliphatic heterocycles. The van der Waals surface area contributed by atoms with E-state index in [1.165, 1.54) is 5.56 Å². The molecular formula is C18H26N2O2. The van der Waals surface area contributed by atoms with Gasteiger partial charge < -0.3 is 10.6 Å². The lowest BCUT2D eigenvalue weighted by Gasteiger charge is -2.14. The van der Waals surface area contributed by atoms with E-state index < -0.39 is 0 Å². The van der Waals surface area contributed by atoms with Gasteiger partial charge in [-0.3, -0.25) is 9.59 Å². The summed E-state index contributed by atoms with van der Waals surface area (Å²) in [4.78, 5) is 23.8. The standard InChI is InChI=1S/C18H26N2O2/c1-12(2)9-14-5-4-6-15(10-14)13(3)18(22)19-11-17(21)20-16-7-8-16/h4-6,10,12-13,16H,7-9,11H2,1-3H3,(H,19,22)(H,20,21). The molecule has 4 heteroatoms. The SMILES string of the molecule is CC(C)Cc1cccc(C(C)C(=O)NCC(=O)NC2CC2)c1. The molecule has 1 saturated carbocycles. The van der Waals surface area contributed by atoms with Crippen molar-refractivity contribution in [2.24, 2.45) is 5.92 Å². The number of rotatable bonds is 7. The quantitative estimate of drug-likeness (QED) is 0.812. The molecule has 4 nitrogen and oxygen atoms in total. The second-order valence-electron chi connectivity index (χ2n) is 6.62. The van der Waals surface area contributed by atoms with Gasteiger partial charge >= 0.3 is 0 Å². The summed E-state index contributed by atoms with van der Waals surface area (Å²) in [6.07, 6.45) is 3.11. The van der Waals surface area contributed by atoms with Crippen molar-refractivity contribution in [2.45, 2.75) is 52.0 Å². The Labute approximate surface area is 132 Å². The van der Waals surface area contributed by atoms with Crippen molar-refractivity contribution in [3.63, 3.8) is 0 Å². The van der Waals surface area contributed by atoms with Crippen LogP contribution in [0.5, 0.6) is 0 Å². The molecule has 2 amide bonds. The maximum absolute atomic E-state index is 12.2. The van der Waals surface area contributed by atoms with Gasteiger partial charge in [0.15, 0.2) is 0 Å². The maximum Gasteiger partial charge on any atom is 0.239 e. The first kappa shape index (κ1) is 16.5.